The first-order chi connectivity index (χ1) is 17.6. The third-order valence-corrected chi connectivity index (χ3v) is 5.93. The van der Waals surface area contributed by atoms with Crippen LogP contribution in [0.1, 0.15) is 68.8 Å². The van der Waals surface area contributed by atoms with Crippen molar-refractivity contribution in [3.63, 3.8) is 0 Å². The summed E-state index contributed by atoms with van der Waals surface area (Å²) in [5, 5.41) is 0.590. The van der Waals surface area contributed by atoms with E-state index in [2.05, 4.69) is 32.4 Å². The van der Waals surface area contributed by atoms with Crippen LogP contribution in [0.15, 0.2) is 61.2 Å². The number of nitrogens with zero attached hydrogens (tertiary/aromatic N) is 2. The number of allylic oxidation sites excluding steroid dienone is 3. The molecule has 0 N–H and O–H groups in total. The van der Waals surface area contributed by atoms with E-state index in [1.807, 2.05) is 19.1 Å². The third-order valence-electron chi connectivity index (χ3n) is 5.70. The minimum absolute atomic E-state index is 0.0804. The number of carbonyl (C=O) groups excluding carboxylic acids is 2. The zero-order valence-corrected chi connectivity index (χ0v) is 23.3. The van der Waals surface area contributed by atoms with Gasteiger partial charge in [0.05, 0.1) is 0 Å². The van der Waals surface area contributed by atoms with E-state index >= 15 is 0 Å². The van der Waals surface area contributed by atoms with E-state index in [0.717, 1.165) is 50.0 Å². The number of amides is 1. The third kappa shape index (κ3) is 10.2. The van der Waals surface area contributed by atoms with Crippen molar-refractivity contribution < 1.29 is 18.4 Å². The SMILES string of the molecule is C/C=C/C(C)=O.C=CCC.CCCN(C)CCC1CN(C(=O)c2c(F)cccc2F)c2ccc(Cl)cc21. The van der Waals surface area contributed by atoms with Gasteiger partial charge in [-0.3, -0.25) is 9.59 Å². The minimum Gasteiger partial charge on any atom is -0.307 e. The number of halogens is 3. The molecule has 2 aromatic carbocycles. The largest absolute Gasteiger partial charge is 0.307 e. The molecule has 1 aliphatic rings. The summed E-state index contributed by atoms with van der Waals surface area (Å²) in [6.45, 7) is 13.3. The van der Waals surface area contributed by atoms with Gasteiger partial charge < -0.3 is 9.80 Å². The molecule has 1 atom stereocenters. The molecule has 1 heterocycles. The van der Waals surface area contributed by atoms with Gasteiger partial charge in [-0.25, -0.2) is 8.78 Å². The molecule has 0 fully saturated rings. The molecule has 4 nitrogen and oxygen atoms in total. The summed E-state index contributed by atoms with van der Waals surface area (Å²) in [6, 6.07) is 8.77. The molecule has 1 aliphatic heterocycles. The number of carbonyl (C=O) groups is 2. The van der Waals surface area contributed by atoms with Crippen LogP contribution in [0.2, 0.25) is 5.02 Å². The van der Waals surface area contributed by atoms with Crippen LogP contribution in [0.3, 0.4) is 0 Å². The summed E-state index contributed by atoms with van der Waals surface area (Å²) in [5.41, 5.74) is 1.12. The smallest absolute Gasteiger partial charge is 0.264 e. The number of hydrogen-bond acceptors (Lipinski definition) is 3. The maximum Gasteiger partial charge on any atom is 0.264 e. The molecule has 2 aromatic rings. The van der Waals surface area contributed by atoms with E-state index in [9.17, 15) is 18.4 Å². The Balaban J connectivity index is 0.000000583. The summed E-state index contributed by atoms with van der Waals surface area (Å²) in [6.07, 6.45) is 8.12. The van der Waals surface area contributed by atoms with Crippen molar-refractivity contribution in [2.45, 2.75) is 52.9 Å². The summed E-state index contributed by atoms with van der Waals surface area (Å²) >= 11 is 6.16. The summed E-state index contributed by atoms with van der Waals surface area (Å²) in [4.78, 5) is 26.6. The number of fused-ring (bicyclic) bond motifs is 1. The van der Waals surface area contributed by atoms with Gasteiger partial charge in [0.1, 0.15) is 17.2 Å². The van der Waals surface area contributed by atoms with Crippen LogP contribution >= 0.6 is 11.6 Å². The normalized spacial score (nSPS) is 14.0. The van der Waals surface area contributed by atoms with Gasteiger partial charge in [-0.2, -0.15) is 0 Å². The minimum atomic E-state index is -0.846. The Hall–Kier alpha value is -2.83. The van der Waals surface area contributed by atoms with E-state index in [0.29, 0.717) is 17.3 Å². The van der Waals surface area contributed by atoms with Crippen molar-refractivity contribution in [2.24, 2.45) is 0 Å². The predicted molar refractivity (Wildman–Crippen MR) is 151 cm³/mol. The Morgan fingerprint density at radius 1 is 1.16 bits per heavy atom. The highest BCUT2D eigenvalue weighted by atomic mass is 35.5. The van der Waals surface area contributed by atoms with E-state index < -0.39 is 23.1 Å². The lowest BCUT2D eigenvalue weighted by molar-refractivity contribution is -0.112. The molecule has 37 heavy (non-hydrogen) atoms. The molecule has 1 amide bonds. The number of hydrogen-bond donors (Lipinski definition) is 0. The standard InChI is InChI=1S/C21H23ClF2N2O.C5H8O.C4H8/c1-3-10-25(2)11-9-14-13-26(19-8-7-15(22)12-16(14)19)21(27)20-17(23)5-4-6-18(20)24;1-3-4-5(2)6;1-3-4-2/h4-8,12,14H,3,9-11,13H2,1-2H3;3-4H,1-2H3;3H,1,4H2,2H3/b;4-3+;. The molecule has 1 unspecified atom stereocenters. The van der Waals surface area contributed by atoms with Crippen LogP contribution in [0.5, 0.6) is 0 Å². The first-order valence-corrected chi connectivity index (χ1v) is 13.0. The molecule has 0 radical (unpaired) electrons. The van der Waals surface area contributed by atoms with Crippen LogP contribution in [0, 0.1) is 11.6 Å². The highest BCUT2D eigenvalue weighted by Gasteiger charge is 2.35. The van der Waals surface area contributed by atoms with Crippen LogP contribution < -0.4 is 4.90 Å². The second-order valence-corrected chi connectivity index (χ2v) is 9.25. The van der Waals surface area contributed by atoms with Crippen molar-refractivity contribution in [3.8, 4) is 0 Å². The first kappa shape index (κ1) is 32.2. The average Bonchev–Trinajstić information content (AvgIpc) is 3.21. The summed E-state index contributed by atoms with van der Waals surface area (Å²) in [7, 11) is 2.06. The maximum absolute atomic E-state index is 14.1. The highest BCUT2D eigenvalue weighted by molar-refractivity contribution is 6.30. The fraction of sp³-hybridized carbons (Fsp3) is 0.400. The highest BCUT2D eigenvalue weighted by Crippen LogP contribution is 2.40. The van der Waals surface area contributed by atoms with Gasteiger partial charge in [0.15, 0.2) is 5.78 Å². The summed E-state index contributed by atoms with van der Waals surface area (Å²) in [5.74, 6) is -2.16. The van der Waals surface area contributed by atoms with Gasteiger partial charge in [0, 0.05) is 23.2 Å². The number of ketones is 1. The molecule has 0 saturated heterocycles. The lowest BCUT2D eigenvalue weighted by Crippen LogP contribution is -2.32. The van der Waals surface area contributed by atoms with Gasteiger partial charge in [0.2, 0.25) is 0 Å². The van der Waals surface area contributed by atoms with Crippen molar-refractivity contribution in [3.05, 3.63) is 89.0 Å². The van der Waals surface area contributed by atoms with Crippen LogP contribution in [0.4, 0.5) is 14.5 Å². The van der Waals surface area contributed by atoms with E-state index in [1.54, 1.807) is 18.2 Å². The predicted octanol–water partition coefficient (Wildman–Crippen LogP) is 7.83. The molecule has 3 rings (SSSR count). The number of anilines is 1. The van der Waals surface area contributed by atoms with Crippen molar-refractivity contribution in [1.82, 2.24) is 4.90 Å². The maximum atomic E-state index is 14.1. The van der Waals surface area contributed by atoms with Gasteiger partial charge in [0.25, 0.3) is 5.91 Å². The van der Waals surface area contributed by atoms with Crippen LogP contribution in [0.25, 0.3) is 0 Å². The van der Waals surface area contributed by atoms with Gasteiger partial charge in [-0.05, 0) is 95.2 Å². The second kappa shape index (κ2) is 16.8. The Morgan fingerprint density at radius 2 is 1.78 bits per heavy atom. The number of benzene rings is 2. The zero-order valence-electron chi connectivity index (χ0n) is 22.6. The molecule has 202 valence electrons. The topological polar surface area (TPSA) is 40.6 Å². The molecular formula is C30H39ClF2N2O2. The lowest BCUT2D eigenvalue weighted by Gasteiger charge is -2.20. The van der Waals surface area contributed by atoms with Crippen molar-refractivity contribution >= 4 is 29.0 Å². The fourth-order valence-corrected chi connectivity index (χ4v) is 4.08. The Bertz CT molecular complexity index is 1050. The average molecular weight is 533 g/mol. The monoisotopic (exact) mass is 532 g/mol. The lowest BCUT2D eigenvalue weighted by atomic mass is 9.98. The summed E-state index contributed by atoms with van der Waals surface area (Å²) < 4.78 is 28.2. The van der Waals surface area contributed by atoms with Crippen LogP contribution in [-0.4, -0.2) is 43.3 Å². The Labute approximate surface area is 225 Å². The van der Waals surface area contributed by atoms with Gasteiger partial charge >= 0.3 is 0 Å². The van der Waals surface area contributed by atoms with E-state index in [1.165, 1.54) is 24.0 Å². The van der Waals surface area contributed by atoms with Crippen molar-refractivity contribution in [1.29, 1.82) is 0 Å². The van der Waals surface area contributed by atoms with Crippen molar-refractivity contribution in [2.75, 3.05) is 31.6 Å². The van der Waals surface area contributed by atoms with Gasteiger partial charge in [-0.1, -0.05) is 43.7 Å². The first-order valence-electron chi connectivity index (χ1n) is 12.6. The Kier molecular flexibility index (Phi) is 14.6. The second-order valence-electron chi connectivity index (χ2n) is 8.81. The molecule has 0 saturated carbocycles. The fourth-order valence-electron chi connectivity index (χ4n) is 3.90. The molecule has 0 aromatic heterocycles. The molecule has 0 spiro atoms. The molecular weight excluding hydrogens is 494 g/mol. The molecule has 0 bridgehead atoms. The molecule has 0 aliphatic carbocycles. The zero-order chi connectivity index (χ0) is 28.0. The van der Waals surface area contributed by atoms with Gasteiger partial charge in [-0.15, -0.1) is 6.58 Å². The molecule has 7 heteroatoms. The quantitative estimate of drug-likeness (QED) is 0.257. The van der Waals surface area contributed by atoms with Crippen LogP contribution in [-0.2, 0) is 4.79 Å². The van der Waals surface area contributed by atoms with E-state index in [4.69, 9.17) is 11.6 Å². The number of rotatable bonds is 8. The Morgan fingerprint density at radius 3 is 2.27 bits per heavy atom. The van der Waals surface area contributed by atoms with E-state index in [-0.39, 0.29) is 11.7 Å².